The summed E-state index contributed by atoms with van der Waals surface area (Å²) >= 11 is 0. The van der Waals surface area contributed by atoms with E-state index in [4.69, 9.17) is 0 Å². The van der Waals surface area contributed by atoms with Gasteiger partial charge in [0.15, 0.2) is 5.65 Å². The Morgan fingerprint density at radius 3 is 2.59 bits per heavy atom. The molecule has 0 unspecified atom stereocenters. The Labute approximate surface area is 95.0 Å². The summed E-state index contributed by atoms with van der Waals surface area (Å²) in [6, 6.07) is 3.33. The fourth-order valence-corrected chi connectivity index (χ4v) is 1.35. The Bertz CT molecular complexity index is 533. The van der Waals surface area contributed by atoms with Crippen LogP contribution in [-0.4, -0.2) is 21.0 Å². The van der Waals surface area contributed by atoms with Gasteiger partial charge in [0, 0.05) is 0 Å². The lowest BCUT2D eigenvalue weighted by Gasteiger charge is -2.03. The number of ether oxygens (including phenoxy) is 1. The Balaban J connectivity index is 2.37. The van der Waals surface area contributed by atoms with Crippen molar-refractivity contribution in [3.8, 4) is 5.88 Å². The normalized spacial score (nSPS) is 12.4. The zero-order chi connectivity index (χ0) is 12.6. The minimum Gasteiger partial charge on any atom is -0.386 e. The third-order valence-corrected chi connectivity index (χ3v) is 2.13. The number of rotatable bonds is 2. The number of hydrogen-bond donors (Lipinski definition) is 0. The van der Waals surface area contributed by atoms with Crippen LogP contribution in [0.5, 0.6) is 5.88 Å². The van der Waals surface area contributed by atoms with Crippen LogP contribution >= 0.6 is 0 Å². The average Bonchev–Trinajstić information content (AvgIpc) is 2.54. The largest absolute Gasteiger partial charge is 0.574 e. The standard InChI is InChI=1S/C10H10F3N3O/c1-6(2)7-3-4-8-14-9(5-16(8)15-7)17-10(11,12)13/h3-6H,1-2H3. The molecule has 2 aromatic rings. The van der Waals surface area contributed by atoms with Crippen molar-refractivity contribution in [2.24, 2.45) is 0 Å². The molecule has 7 heteroatoms. The van der Waals surface area contributed by atoms with Gasteiger partial charge in [0.2, 0.25) is 5.88 Å². The highest BCUT2D eigenvalue weighted by Gasteiger charge is 2.32. The molecule has 0 aliphatic rings. The van der Waals surface area contributed by atoms with E-state index >= 15 is 0 Å². The maximum Gasteiger partial charge on any atom is 0.574 e. The summed E-state index contributed by atoms with van der Waals surface area (Å²) in [6.07, 6.45) is -3.63. The fraction of sp³-hybridized carbons (Fsp3) is 0.400. The van der Waals surface area contributed by atoms with Crippen molar-refractivity contribution in [3.63, 3.8) is 0 Å². The van der Waals surface area contributed by atoms with Gasteiger partial charge in [-0.15, -0.1) is 13.2 Å². The van der Waals surface area contributed by atoms with E-state index in [1.54, 1.807) is 12.1 Å². The monoisotopic (exact) mass is 245 g/mol. The number of aromatic nitrogens is 3. The second-order valence-corrected chi connectivity index (χ2v) is 3.84. The molecule has 0 radical (unpaired) electrons. The first-order chi connectivity index (χ1) is 7.85. The first kappa shape index (κ1) is 11.7. The van der Waals surface area contributed by atoms with Gasteiger partial charge in [0.05, 0.1) is 11.9 Å². The number of nitrogens with zero attached hydrogens (tertiary/aromatic N) is 3. The minimum absolute atomic E-state index is 0.189. The molecule has 4 nitrogen and oxygen atoms in total. The third-order valence-electron chi connectivity index (χ3n) is 2.13. The highest BCUT2D eigenvalue weighted by atomic mass is 19.4. The van der Waals surface area contributed by atoms with Gasteiger partial charge in [0.25, 0.3) is 0 Å². The maximum atomic E-state index is 12.0. The summed E-state index contributed by atoms with van der Waals surface area (Å²) in [5, 5.41) is 4.13. The molecule has 0 amide bonds. The van der Waals surface area contributed by atoms with Crippen molar-refractivity contribution in [3.05, 3.63) is 24.0 Å². The second kappa shape index (κ2) is 3.90. The predicted octanol–water partition coefficient (Wildman–Crippen LogP) is 2.75. The van der Waals surface area contributed by atoms with Crippen molar-refractivity contribution in [2.75, 3.05) is 0 Å². The summed E-state index contributed by atoms with van der Waals surface area (Å²) in [4.78, 5) is 3.66. The Kier molecular flexibility index (Phi) is 2.68. The van der Waals surface area contributed by atoms with E-state index in [1.165, 1.54) is 4.52 Å². The smallest absolute Gasteiger partial charge is 0.386 e. The zero-order valence-corrected chi connectivity index (χ0v) is 9.19. The molecule has 0 saturated carbocycles. The van der Waals surface area contributed by atoms with Crippen LogP contribution in [0, 0.1) is 0 Å². The van der Waals surface area contributed by atoms with E-state index in [9.17, 15) is 13.2 Å². The van der Waals surface area contributed by atoms with Gasteiger partial charge in [-0.05, 0) is 18.1 Å². The van der Waals surface area contributed by atoms with Crippen molar-refractivity contribution < 1.29 is 17.9 Å². The van der Waals surface area contributed by atoms with Crippen molar-refractivity contribution >= 4 is 5.65 Å². The zero-order valence-electron chi connectivity index (χ0n) is 9.19. The summed E-state index contributed by atoms with van der Waals surface area (Å²) < 4.78 is 40.9. The molecule has 0 aliphatic carbocycles. The molecule has 0 spiro atoms. The molecule has 0 aromatic carbocycles. The van der Waals surface area contributed by atoms with Crippen LogP contribution < -0.4 is 4.74 Å². The van der Waals surface area contributed by atoms with Gasteiger partial charge >= 0.3 is 6.36 Å². The minimum atomic E-state index is -4.74. The lowest BCUT2D eigenvalue weighted by Crippen LogP contribution is -2.17. The molecule has 0 N–H and O–H groups in total. The lowest BCUT2D eigenvalue weighted by molar-refractivity contribution is -0.276. The van der Waals surface area contributed by atoms with Gasteiger partial charge in [-0.2, -0.15) is 10.1 Å². The molecule has 0 bridgehead atoms. The lowest BCUT2D eigenvalue weighted by atomic mass is 10.1. The van der Waals surface area contributed by atoms with Crippen LogP contribution in [0.4, 0.5) is 13.2 Å². The van der Waals surface area contributed by atoms with Crippen LogP contribution in [0.25, 0.3) is 5.65 Å². The molecule has 0 fully saturated rings. The van der Waals surface area contributed by atoms with E-state index in [-0.39, 0.29) is 5.92 Å². The molecule has 2 heterocycles. The van der Waals surface area contributed by atoms with E-state index < -0.39 is 12.2 Å². The first-order valence-electron chi connectivity index (χ1n) is 4.97. The van der Waals surface area contributed by atoms with Gasteiger partial charge in [-0.3, -0.25) is 0 Å². The molecule has 0 saturated heterocycles. The summed E-state index contributed by atoms with van der Waals surface area (Å²) in [5.74, 6) is -0.320. The van der Waals surface area contributed by atoms with E-state index in [2.05, 4.69) is 14.8 Å². The van der Waals surface area contributed by atoms with Gasteiger partial charge in [0.1, 0.15) is 0 Å². The van der Waals surface area contributed by atoms with Crippen molar-refractivity contribution in [1.29, 1.82) is 0 Å². The predicted molar refractivity (Wildman–Crippen MR) is 53.8 cm³/mol. The molecule has 2 rings (SSSR count). The fourth-order valence-electron chi connectivity index (χ4n) is 1.35. The molecule has 0 atom stereocenters. The van der Waals surface area contributed by atoms with Crippen LogP contribution in [0.15, 0.2) is 18.3 Å². The highest BCUT2D eigenvalue weighted by molar-refractivity contribution is 5.40. The van der Waals surface area contributed by atoms with Crippen molar-refractivity contribution in [2.45, 2.75) is 26.1 Å². The quantitative estimate of drug-likeness (QED) is 0.816. The third kappa shape index (κ3) is 2.66. The summed E-state index contributed by atoms with van der Waals surface area (Å²) in [6.45, 7) is 3.89. The van der Waals surface area contributed by atoms with Crippen LogP contribution in [0.2, 0.25) is 0 Å². The average molecular weight is 245 g/mol. The summed E-state index contributed by atoms with van der Waals surface area (Å²) in [7, 11) is 0. The molecular formula is C10H10F3N3O. The van der Waals surface area contributed by atoms with Gasteiger partial charge in [-0.25, -0.2) is 4.52 Å². The van der Waals surface area contributed by atoms with Crippen LogP contribution in [0.1, 0.15) is 25.5 Å². The topological polar surface area (TPSA) is 39.4 Å². The SMILES string of the molecule is CC(C)c1ccc2nc(OC(F)(F)F)cn2n1. The number of hydrogen-bond acceptors (Lipinski definition) is 3. The Morgan fingerprint density at radius 2 is 2.00 bits per heavy atom. The van der Waals surface area contributed by atoms with Gasteiger partial charge < -0.3 is 4.74 Å². The maximum absolute atomic E-state index is 12.0. The van der Waals surface area contributed by atoms with Crippen molar-refractivity contribution in [1.82, 2.24) is 14.6 Å². The van der Waals surface area contributed by atoms with Crippen LogP contribution in [0.3, 0.4) is 0 Å². The second-order valence-electron chi connectivity index (χ2n) is 3.84. The molecule has 17 heavy (non-hydrogen) atoms. The molecule has 2 aromatic heterocycles. The highest BCUT2D eigenvalue weighted by Crippen LogP contribution is 2.22. The summed E-state index contributed by atoms with van der Waals surface area (Å²) in [5.41, 5.74) is 1.09. The Morgan fingerprint density at radius 1 is 1.29 bits per heavy atom. The number of imidazole rings is 1. The van der Waals surface area contributed by atoms with Crippen LogP contribution in [-0.2, 0) is 0 Å². The first-order valence-corrected chi connectivity index (χ1v) is 4.97. The molecule has 0 aliphatic heterocycles. The van der Waals surface area contributed by atoms with E-state index in [1.807, 2.05) is 13.8 Å². The van der Waals surface area contributed by atoms with E-state index in [0.29, 0.717) is 5.65 Å². The van der Waals surface area contributed by atoms with Gasteiger partial charge in [-0.1, -0.05) is 13.8 Å². The number of fused-ring (bicyclic) bond motifs is 1. The Hall–Kier alpha value is -1.79. The number of alkyl halides is 3. The van der Waals surface area contributed by atoms with E-state index in [0.717, 1.165) is 11.9 Å². The molecule has 92 valence electrons. The molecular weight excluding hydrogens is 235 g/mol. The number of halogens is 3.